The normalized spacial score (nSPS) is 14.9. The topological polar surface area (TPSA) is 68.2 Å². The van der Waals surface area contributed by atoms with Crippen molar-refractivity contribution in [1.29, 1.82) is 0 Å². The summed E-state index contributed by atoms with van der Waals surface area (Å²) in [5, 5.41) is 9.81. The van der Waals surface area contributed by atoms with E-state index in [-0.39, 0.29) is 5.56 Å². The van der Waals surface area contributed by atoms with Crippen LogP contribution >= 0.6 is 0 Å². The monoisotopic (exact) mass is 351 g/mol. The summed E-state index contributed by atoms with van der Waals surface area (Å²) >= 11 is 0. The number of carboxylic acids is 1. The maximum absolute atomic E-state index is 12.0. The van der Waals surface area contributed by atoms with Crippen LogP contribution in [0.3, 0.4) is 0 Å². The lowest BCUT2D eigenvalue weighted by molar-refractivity contribution is 0.0696. The first-order chi connectivity index (χ1) is 12.1. The highest BCUT2D eigenvalue weighted by Crippen LogP contribution is 2.48. The quantitative estimate of drug-likeness (QED) is 0.764. The average molecular weight is 351 g/mol. The van der Waals surface area contributed by atoms with Gasteiger partial charge in [-0.15, -0.1) is 0 Å². The minimum Gasteiger partial charge on any atom is -0.493 e. The van der Waals surface area contributed by atoms with Gasteiger partial charge in [0.2, 0.25) is 5.75 Å². The average Bonchev–Trinajstić information content (AvgIpc) is 2.64. The molecule has 2 rings (SSSR count). The Morgan fingerprint density at radius 3 is 2.24 bits per heavy atom. The van der Waals surface area contributed by atoms with Gasteiger partial charge in [-0.3, -0.25) is 0 Å². The van der Waals surface area contributed by atoms with Crippen LogP contribution in [0.1, 0.15) is 55.8 Å². The molecule has 0 unspecified atom stereocenters. The Morgan fingerprint density at radius 2 is 1.76 bits per heavy atom. The van der Waals surface area contributed by atoms with Crippen LogP contribution in [0.4, 0.5) is 5.69 Å². The van der Waals surface area contributed by atoms with Crippen LogP contribution in [-0.4, -0.2) is 45.0 Å². The van der Waals surface area contributed by atoms with Crippen molar-refractivity contribution in [2.75, 3.05) is 32.8 Å². The molecular formula is C19H29NO5. The summed E-state index contributed by atoms with van der Waals surface area (Å²) in [5.41, 5.74) is 0.787. The molecule has 1 aliphatic carbocycles. The summed E-state index contributed by atoms with van der Waals surface area (Å²) in [4.78, 5) is 14.2. The van der Waals surface area contributed by atoms with Gasteiger partial charge >= 0.3 is 5.97 Å². The number of hydrogen-bond acceptors (Lipinski definition) is 5. The molecule has 0 atom stereocenters. The fourth-order valence-corrected chi connectivity index (χ4v) is 3.70. The first-order valence-electron chi connectivity index (χ1n) is 8.91. The first kappa shape index (κ1) is 19.2. The lowest BCUT2D eigenvalue weighted by atomic mass is 9.93. The largest absolute Gasteiger partial charge is 0.493 e. The number of hydrogen-bond donors (Lipinski definition) is 1. The third-order valence-electron chi connectivity index (χ3n) is 4.80. The van der Waals surface area contributed by atoms with Gasteiger partial charge in [-0.1, -0.05) is 26.2 Å². The summed E-state index contributed by atoms with van der Waals surface area (Å²) in [5.74, 6) is 0.229. The van der Waals surface area contributed by atoms with Crippen molar-refractivity contribution in [2.45, 2.75) is 51.5 Å². The van der Waals surface area contributed by atoms with Crippen LogP contribution in [0.15, 0.2) is 6.07 Å². The van der Waals surface area contributed by atoms with Crippen LogP contribution in [-0.2, 0) is 0 Å². The number of aromatic carboxylic acids is 1. The van der Waals surface area contributed by atoms with Crippen LogP contribution in [0.5, 0.6) is 17.2 Å². The number of methoxy groups -OCH3 is 3. The maximum atomic E-state index is 12.0. The number of nitrogens with zero attached hydrogens (tertiary/aromatic N) is 1. The van der Waals surface area contributed by atoms with Gasteiger partial charge in [-0.05, 0) is 19.3 Å². The van der Waals surface area contributed by atoms with Gasteiger partial charge in [0.25, 0.3) is 0 Å². The van der Waals surface area contributed by atoms with Crippen molar-refractivity contribution >= 4 is 11.7 Å². The molecule has 0 saturated heterocycles. The Hall–Kier alpha value is -2.11. The second-order valence-corrected chi connectivity index (χ2v) is 6.33. The smallest absolute Gasteiger partial charge is 0.338 e. The number of anilines is 1. The highest BCUT2D eigenvalue weighted by Gasteiger charge is 2.31. The highest BCUT2D eigenvalue weighted by atomic mass is 16.5. The fraction of sp³-hybridized carbons (Fsp3) is 0.632. The molecule has 0 spiro atoms. The molecule has 0 bridgehead atoms. The summed E-state index contributed by atoms with van der Waals surface area (Å²) in [6, 6.07) is 1.85. The van der Waals surface area contributed by atoms with E-state index in [2.05, 4.69) is 11.8 Å². The Morgan fingerprint density at radius 1 is 1.12 bits per heavy atom. The predicted octanol–water partition coefficient (Wildman–Crippen LogP) is 3.96. The summed E-state index contributed by atoms with van der Waals surface area (Å²) in [6.07, 6.45) is 6.64. The van der Waals surface area contributed by atoms with Crippen molar-refractivity contribution in [3.8, 4) is 17.2 Å². The first-order valence-corrected chi connectivity index (χ1v) is 8.91. The van der Waals surface area contributed by atoms with E-state index in [1.165, 1.54) is 46.7 Å². The predicted molar refractivity (Wildman–Crippen MR) is 97.6 cm³/mol. The zero-order chi connectivity index (χ0) is 18.4. The van der Waals surface area contributed by atoms with Gasteiger partial charge < -0.3 is 24.2 Å². The molecule has 0 aromatic heterocycles. The lowest BCUT2D eigenvalue weighted by Gasteiger charge is -2.38. The molecule has 0 aliphatic heterocycles. The van der Waals surface area contributed by atoms with Crippen molar-refractivity contribution in [2.24, 2.45) is 0 Å². The molecule has 1 N–H and O–H groups in total. The molecule has 1 aromatic rings. The molecule has 6 heteroatoms. The standard InChI is InChI=1S/C19H29NO5/c1-5-11-20(13-9-7-6-8-10-13)16-14(19(21)22)12-15(23-2)17(24-3)18(16)25-4/h12-13H,5-11H2,1-4H3,(H,21,22). The second-order valence-electron chi connectivity index (χ2n) is 6.33. The number of rotatable bonds is 8. The van der Waals surface area contributed by atoms with E-state index in [1.807, 2.05) is 0 Å². The van der Waals surface area contributed by atoms with Crippen molar-refractivity contribution < 1.29 is 24.1 Å². The summed E-state index contributed by atoms with van der Waals surface area (Å²) < 4.78 is 16.4. The van der Waals surface area contributed by atoms with Crippen LogP contribution in [0, 0.1) is 0 Å². The molecule has 1 saturated carbocycles. The molecule has 6 nitrogen and oxygen atoms in total. The Bertz CT molecular complexity index is 596. The van der Waals surface area contributed by atoms with E-state index in [0.717, 1.165) is 25.8 Å². The van der Waals surface area contributed by atoms with E-state index in [4.69, 9.17) is 14.2 Å². The van der Waals surface area contributed by atoms with Crippen LogP contribution < -0.4 is 19.1 Å². The second kappa shape index (κ2) is 8.83. The summed E-state index contributed by atoms with van der Waals surface area (Å²) in [7, 11) is 4.57. The molecule has 1 aromatic carbocycles. The third-order valence-corrected chi connectivity index (χ3v) is 4.80. The Kier molecular flexibility index (Phi) is 6.79. The van der Waals surface area contributed by atoms with Crippen LogP contribution in [0.25, 0.3) is 0 Å². The van der Waals surface area contributed by atoms with Crippen molar-refractivity contribution in [3.05, 3.63) is 11.6 Å². The zero-order valence-electron chi connectivity index (χ0n) is 15.6. The number of ether oxygens (including phenoxy) is 3. The van der Waals surface area contributed by atoms with Gasteiger partial charge in [-0.2, -0.15) is 0 Å². The number of benzene rings is 1. The minimum absolute atomic E-state index is 0.188. The Balaban J connectivity index is 2.66. The number of carboxylic acid groups (broad SMARTS) is 1. The highest BCUT2D eigenvalue weighted by molar-refractivity contribution is 5.98. The molecule has 140 valence electrons. The van der Waals surface area contributed by atoms with Crippen molar-refractivity contribution in [1.82, 2.24) is 0 Å². The van der Waals surface area contributed by atoms with Gasteiger partial charge in [-0.25, -0.2) is 4.79 Å². The molecular weight excluding hydrogens is 322 g/mol. The number of carbonyl (C=O) groups is 1. The van der Waals surface area contributed by atoms with Gasteiger partial charge in [0.1, 0.15) is 0 Å². The van der Waals surface area contributed by atoms with Crippen molar-refractivity contribution in [3.63, 3.8) is 0 Å². The SMILES string of the molecule is CCCN(c1c(C(=O)O)cc(OC)c(OC)c1OC)C1CCCCC1. The molecule has 1 aliphatic rings. The molecule has 0 amide bonds. The third kappa shape index (κ3) is 3.94. The van der Waals surface area contributed by atoms with E-state index >= 15 is 0 Å². The molecule has 25 heavy (non-hydrogen) atoms. The lowest BCUT2D eigenvalue weighted by Crippen LogP contribution is -2.38. The molecule has 0 radical (unpaired) electrons. The van der Waals surface area contributed by atoms with Gasteiger partial charge in [0, 0.05) is 18.7 Å². The molecule has 1 fully saturated rings. The summed E-state index contributed by atoms with van der Waals surface area (Å²) in [6.45, 7) is 2.88. The van der Waals surface area contributed by atoms with E-state index in [0.29, 0.717) is 29.0 Å². The van der Waals surface area contributed by atoms with E-state index in [9.17, 15) is 9.90 Å². The van der Waals surface area contributed by atoms with Gasteiger partial charge in [0.15, 0.2) is 11.5 Å². The van der Waals surface area contributed by atoms with E-state index in [1.54, 1.807) is 0 Å². The van der Waals surface area contributed by atoms with E-state index < -0.39 is 5.97 Å². The minimum atomic E-state index is -0.994. The Labute approximate surface area is 149 Å². The molecule has 0 heterocycles. The fourth-order valence-electron chi connectivity index (χ4n) is 3.70. The maximum Gasteiger partial charge on any atom is 0.338 e. The van der Waals surface area contributed by atoms with Crippen LogP contribution in [0.2, 0.25) is 0 Å². The van der Waals surface area contributed by atoms with Gasteiger partial charge in [0.05, 0.1) is 32.6 Å². The zero-order valence-corrected chi connectivity index (χ0v) is 15.6.